The van der Waals surface area contributed by atoms with E-state index in [1.54, 1.807) is 6.07 Å². The number of hydrogen-bond donors (Lipinski definition) is 1. The molecule has 0 unspecified atom stereocenters. The molecule has 2 aromatic rings. The van der Waals surface area contributed by atoms with Gasteiger partial charge in [0.15, 0.2) is 4.73 Å². The number of halogens is 2. The highest BCUT2D eigenvalue weighted by molar-refractivity contribution is 9.10. The van der Waals surface area contributed by atoms with E-state index >= 15 is 0 Å². The second kappa shape index (κ2) is 3.53. The summed E-state index contributed by atoms with van der Waals surface area (Å²) < 4.78 is 13.6. The van der Waals surface area contributed by atoms with Gasteiger partial charge in [0.1, 0.15) is 5.82 Å². The molecular formula is C10H8BrFN2. The van der Waals surface area contributed by atoms with Gasteiger partial charge in [-0.15, -0.1) is 0 Å². The van der Waals surface area contributed by atoms with Crippen LogP contribution in [0.25, 0.3) is 11.3 Å². The highest BCUT2D eigenvalue weighted by Crippen LogP contribution is 2.23. The average Bonchev–Trinajstić information content (AvgIpc) is 2.45. The second-order valence-electron chi connectivity index (χ2n) is 3.01. The van der Waals surface area contributed by atoms with Crippen molar-refractivity contribution in [1.82, 2.24) is 9.97 Å². The normalized spacial score (nSPS) is 10.5. The predicted molar refractivity (Wildman–Crippen MR) is 56.4 cm³/mol. The van der Waals surface area contributed by atoms with Gasteiger partial charge >= 0.3 is 0 Å². The number of aromatic amines is 1. The monoisotopic (exact) mass is 254 g/mol. The minimum atomic E-state index is -0.249. The number of hydrogen-bond acceptors (Lipinski definition) is 1. The van der Waals surface area contributed by atoms with Gasteiger partial charge in [-0.25, -0.2) is 9.37 Å². The fourth-order valence-electron chi connectivity index (χ4n) is 1.34. The minimum Gasteiger partial charge on any atom is -0.336 e. The van der Waals surface area contributed by atoms with Crippen molar-refractivity contribution in [3.63, 3.8) is 0 Å². The molecule has 0 aliphatic carbocycles. The first-order chi connectivity index (χ1) is 6.66. The molecule has 1 aromatic heterocycles. The lowest BCUT2D eigenvalue weighted by molar-refractivity contribution is 0.628. The van der Waals surface area contributed by atoms with Gasteiger partial charge in [0.2, 0.25) is 0 Å². The van der Waals surface area contributed by atoms with Gasteiger partial charge < -0.3 is 4.98 Å². The quantitative estimate of drug-likeness (QED) is 0.832. The number of aromatic nitrogens is 2. The molecule has 0 saturated carbocycles. The van der Waals surface area contributed by atoms with Crippen molar-refractivity contribution in [2.75, 3.05) is 0 Å². The van der Waals surface area contributed by atoms with E-state index in [1.807, 2.05) is 13.0 Å². The SMILES string of the molecule is Cc1[nH]c(Br)nc1-c1cccc(F)c1. The summed E-state index contributed by atoms with van der Waals surface area (Å²) in [5, 5.41) is 0. The van der Waals surface area contributed by atoms with Crippen LogP contribution in [0, 0.1) is 12.7 Å². The molecular weight excluding hydrogens is 247 g/mol. The van der Waals surface area contributed by atoms with Gasteiger partial charge in [-0.05, 0) is 35.0 Å². The van der Waals surface area contributed by atoms with Crippen LogP contribution in [0.15, 0.2) is 29.0 Å². The van der Waals surface area contributed by atoms with Gasteiger partial charge in [-0.1, -0.05) is 12.1 Å². The van der Waals surface area contributed by atoms with E-state index in [9.17, 15) is 4.39 Å². The predicted octanol–water partition coefficient (Wildman–Crippen LogP) is 3.29. The number of nitrogens with one attached hydrogen (secondary N) is 1. The van der Waals surface area contributed by atoms with Crippen molar-refractivity contribution >= 4 is 15.9 Å². The Morgan fingerprint density at radius 3 is 2.79 bits per heavy atom. The van der Waals surface area contributed by atoms with Crippen molar-refractivity contribution in [3.8, 4) is 11.3 Å². The summed E-state index contributed by atoms with van der Waals surface area (Å²) in [5.74, 6) is -0.249. The number of H-pyrrole nitrogens is 1. The van der Waals surface area contributed by atoms with Gasteiger partial charge in [0.05, 0.1) is 5.69 Å². The first-order valence-corrected chi connectivity index (χ1v) is 4.94. The zero-order valence-corrected chi connectivity index (χ0v) is 9.10. The maximum absolute atomic E-state index is 12.9. The Hall–Kier alpha value is -1.16. The van der Waals surface area contributed by atoms with Gasteiger partial charge in [0.25, 0.3) is 0 Å². The fourth-order valence-corrected chi connectivity index (χ4v) is 1.82. The molecule has 0 spiro atoms. The smallest absolute Gasteiger partial charge is 0.175 e. The largest absolute Gasteiger partial charge is 0.336 e. The average molecular weight is 255 g/mol. The van der Waals surface area contributed by atoms with E-state index in [-0.39, 0.29) is 5.82 Å². The minimum absolute atomic E-state index is 0.249. The third-order valence-electron chi connectivity index (χ3n) is 1.95. The molecule has 1 N–H and O–H groups in total. The zero-order valence-electron chi connectivity index (χ0n) is 7.51. The highest BCUT2D eigenvalue weighted by Gasteiger charge is 2.07. The Kier molecular flexibility index (Phi) is 2.37. The molecule has 4 heteroatoms. The number of imidazole rings is 1. The van der Waals surface area contributed by atoms with Crippen molar-refractivity contribution in [2.24, 2.45) is 0 Å². The molecule has 0 aliphatic rings. The molecule has 0 saturated heterocycles. The molecule has 0 amide bonds. The molecule has 2 nitrogen and oxygen atoms in total. The highest BCUT2D eigenvalue weighted by atomic mass is 79.9. The zero-order chi connectivity index (χ0) is 10.1. The van der Waals surface area contributed by atoms with Crippen LogP contribution in [0.2, 0.25) is 0 Å². The van der Waals surface area contributed by atoms with E-state index < -0.39 is 0 Å². The van der Waals surface area contributed by atoms with Crippen LogP contribution in [0.3, 0.4) is 0 Å². The van der Waals surface area contributed by atoms with Crippen molar-refractivity contribution in [1.29, 1.82) is 0 Å². The van der Waals surface area contributed by atoms with E-state index in [2.05, 4.69) is 25.9 Å². The molecule has 0 atom stereocenters. The summed E-state index contributed by atoms with van der Waals surface area (Å²) in [7, 11) is 0. The third kappa shape index (κ3) is 1.70. The van der Waals surface area contributed by atoms with Crippen molar-refractivity contribution in [2.45, 2.75) is 6.92 Å². The summed E-state index contributed by atoms with van der Waals surface area (Å²) in [5.41, 5.74) is 2.48. The molecule has 1 aromatic carbocycles. The van der Waals surface area contributed by atoms with Crippen LogP contribution in [0.5, 0.6) is 0 Å². The van der Waals surface area contributed by atoms with E-state index in [0.29, 0.717) is 4.73 Å². The number of benzene rings is 1. The second-order valence-corrected chi connectivity index (χ2v) is 3.76. The summed E-state index contributed by atoms with van der Waals surface area (Å²) in [6, 6.07) is 6.39. The van der Waals surface area contributed by atoms with Crippen LogP contribution in [-0.2, 0) is 0 Å². The standard InChI is InChI=1S/C10H8BrFN2/c1-6-9(14-10(11)13-6)7-3-2-4-8(12)5-7/h2-5H,1H3,(H,13,14). The van der Waals surface area contributed by atoms with Crippen LogP contribution in [0.1, 0.15) is 5.69 Å². The Morgan fingerprint density at radius 1 is 1.43 bits per heavy atom. The Bertz CT molecular complexity index is 465. The molecule has 72 valence electrons. The molecule has 0 aliphatic heterocycles. The van der Waals surface area contributed by atoms with E-state index in [1.165, 1.54) is 12.1 Å². The first-order valence-electron chi connectivity index (χ1n) is 4.15. The summed E-state index contributed by atoms with van der Waals surface area (Å²) in [6.45, 7) is 1.90. The molecule has 0 bridgehead atoms. The maximum atomic E-state index is 12.9. The van der Waals surface area contributed by atoms with Crippen molar-refractivity contribution < 1.29 is 4.39 Å². The van der Waals surface area contributed by atoms with E-state index in [0.717, 1.165) is 17.0 Å². The van der Waals surface area contributed by atoms with E-state index in [4.69, 9.17) is 0 Å². The lowest BCUT2D eigenvalue weighted by Crippen LogP contribution is -1.82. The molecule has 0 radical (unpaired) electrons. The third-order valence-corrected chi connectivity index (χ3v) is 2.33. The lowest BCUT2D eigenvalue weighted by Gasteiger charge is -1.97. The van der Waals surface area contributed by atoms with Crippen molar-refractivity contribution in [3.05, 3.63) is 40.5 Å². The topological polar surface area (TPSA) is 28.7 Å². The summed E-state index contributed by atoms with van der Waals surface area (Å²) in [4.78, 5) is 7.22. The summed E-state index contributed by atoms with van der Waals surface area (Å²) in [6.07, 6.45) is 0. The van der Waals surface area contributed by atoms with Crippen LogP contribution >= 0.6 is 15.9 Å². The van der Waals surface area contributed by atoms with Gasteiger partial charge in [0, 0.05) is 11.3 Å². The Labute approximate surface area is 89.3 Å². The molecule has 14 heavy (non-hydrogen) atoms. The Balaban J connectivity index is 2.54. The van der Waals surface area contributed by atoms with Crippen LogP contribution in [0.4, 0.5) is 4.39 Å². The number of rotatable bonds is 1. The number of nitrogens with zero attached hydrogens (tertiary/aromatic N) is 1. The van der Waals surface area contributed by atoms with Crippen LogP contribution < -0.4 is 0 Å². The fraction of sp³-hybridized carbons (Fsp3) is 0.100. The molecule has 2 rings (SSSR count). The van der Waals surface area contributed by atoms with Gasteiger partial charge in [-0.2, -0.15) is 0 Å². The Morgan fingerprint density at radius 2 is 2.21 bits per heavy atom. The lowest BCUT2D eigenvalue weighted by atomic mass is 10.1. The molecule has 1 heterocycles. The maximum Gasteiger partial charge on any atom is 0.175 e. The van der Waals surface area contributed by atoms with Gasteiger partial charge in [-0.3, -0.25) is 0 Å². The number of aryl methyl sites for hydroxylation is 1. The molecule has 0 fully saturated rings. The van der Waals surface area contributed by atoms with Crippen LogP contribution in [-0.4, -0.2) is 9.97 Å². The first kappa shape index (κ1) is 9.40. The summed E-state index contributed by atoms with van der Waals surface area (Å²) >= 11 is 3.24.